The average Bonchev–Trinajstić information content (AvgIpc) is 2.16. The van der Waals surface area contributed by atoms with Gasteiger partial charge in [0.2, 0.25) is 0 Å². The van der Waals surface area contributed by atoms with Crippen LogP contribution in [0.25, 0.3) is 0 Å². The van der Waals surface area contributed by atoms with Gasteiger partial charge in [-0.1, -0.05) is 13.8 Å². The van der Waals surface area contributed by atoms with E-state index in [0.29, 0.717) is 11.1 Å². The second-order valence-corrected chi connectivity index (χ2v) is 4.81. The number of benzene rings is 1. The van der Waals surface area contributed by atoms with Gasteiger partial charge in [-0.05, 0) is 31.0 Å². The zero-order valence-corrected chi connectivity index (χ0v) is 9.96. The quantitative estimate of drug-likeness (QED) is 0.796. The molecular weight excluding hydrogens is 203 g/mol. The van der Waals surface area contributed by atoms with E-state index in [4.69, 9.17) is 5.73 Å². The van der Waals surface area contributed by atoms with Crippen LogP contribution in [0.5, 0.6) is 0 Å². The highest BCUT2D eigenvalue weighted by Gasteiger charge is 2.39. The Bertz CT molecular complexity index is 357. The second kappa shape index (κ2) is 3.96. The zero-order valence-electron chi connectivity index (χ0n) is 9.96. The SMILES string of the molecule is CCC1(CC)CN(c2cc(N)cc(F)c2)C1. The predicted molar refractivity (Wildman–Crippen MR) is 66.0 cm³/mol. The van der Waals surface area contributed by atoms with E-state index < -0.39 is 0 Å². The van der Waals surface area contributed by atoms with Gasteiger partial charge in [-0.15, -0.1) is 0 Å². The van der Waals surface area contributed by atoms with Gasteiger partial charge in [-0.25, -0.2) is 4.39 Å². The van der Waals surface area contributed by atoms with Crippen molar-refractivity contribution in [3.8, 4) is 0 Å². The molecule has 0 unspecified atom stereocenters. The lowest BCUT2D eigenvalue weighted by atomic mass is 9.75. The molecule has 0 spiro atoms. The van der Waals surface area contributed by atoms with E-state index >= 15 is 0 Å². The van der Waals surface area contributed by atoms with Gasteiger partial charge < -0.3 is 10.6 Å². The topological polar surface area (TPSA) is 29.3 Å². The Kier molecular flexibility index (Phi) is 2.78. The van der Waals surface area contributed by atoms with Gasteiger partial charge in [0.25, 0.3) is 0 Å². The van der Waals surface area contributed by atoms with Crippen LogP contribution in [0, 0.1) is 11.2 Å². The molecule has 0 atom stereocenters. The van der Waals surface area contributed by atoms with Crippen molar-refractivity contribution in [3.63, 3.8) is 0 Å². The molecule has 1 aromatic carbocycles. The molecule has 1 saturated heterocycles. The second-order valence-electron chi connectivity index (χ2n) is 4.81. The van der Waals surface area contributed by atoms with Crippen LogP contribution in [-0.4, -0.2) is 13.1 Å². The highest BCUT2D eigenvalue weighted by molar-refractivity contribution is 5.58. The Hall–Kier alpha value is -1.25. The van der Waals surface area contributed by atoms with Crippen molar-refractivity contribution in [2.24, 2.45) is 5.41 Å². The maximum absolute atomic E-state index is 13.2. The molecule has 1 heterocycles. The summed E-state index contributed by atoms with van der Waals surface area (Å²) in [6, 6.07) is 4.76. The first kappa shape index (κ1) is 11.2. The molecule has 2 nitrogen and oxygen atoms in total. The molecule has 1 fully saturated rings. The van der Waals surface area contributed by atoms with E-state index in [1.807, 2.05) is 6.07 Å². The monoisotopic (exact) mass is 222 g/mol. The normalized spacial score (nSPS) is 18.3. The lowest BCUT2D eigenvalue weighted by Crippen LogP contribution is -2.55. The van der Waals surface area contributed by atoms with Gasteiger partial charge in [-0.2, -0.15) is 0 Å². The molecule has 0 amide bonds. The van der Waals surface area contributed by atoms with Crippen LogP contribution in [0.15, 0.2) is 18.2 Å². The maximum Gasteiger partial charge on any atom is 0.127 e. The number of anilines is 2. The predicted octanol–water partition coefficient (Wildman–Crippen LogP) is 3.03. The van der Waals surface area contributed by atoms with Gasteiger partial charge in [0.15, 0.2) is 0 Å². The first-order valence-corrected chi connectivity index (χ1v) is 5.89. The smallest absolute Gasteiger partial charge is 0.127 e. The Balaban J connectivity index is 2.11. The molecule has 0 radical (unpaired) electrons. The molecule has 1 aromatic rings. The number of rotatable bonds is 3. The fourth-order valence-corrected chi connectivity index (χ4v) is 2.42. The summed E-state index contributed by atoms with van der Waals surface area (Å²) in [7, 11) is 0. The van der Waals surface area contributed by atoms with Gasteiger partial charge in [0.1, 0.15) is 5.82 Å². The zero-order chi connectivity index (χ0) is 11.8. The van der Waals surface area contributed by atoms with Crippen LogP contribution in [0.1, 0.15) is 26.7 Å². The van der Waals surface area contributed by atoms with Crippen LogP contribution in [0.4, 0.5) is 15.8 Å². The molecule has 0 saturated carbocycles. The van der Waals surface area contributed by atoms with Gasteiger partial charge >= 0.3 is 0 Å². The van der Waals surface area contributed by atoms with Crippen LogP contribution >= 0.6 is 0 Å². The molecule has 2 rings (SSSR count). The third-order valence-electron chi connectivity index (χ3n) is 3.82. The first-order chi connectivity index (χ1) is 7.58. The molecule has 0 aliphatic carbocycles. The molecule has 88 valence electrons. The molecule has 2 N–H and O–H groups in total. The number of nitrogens with two attached hydrogens (primary N) is 1. The number of halogens is 1. The molecule has 0 bridgehead atoms. The third kappa shape index (κ3) is 1.86. The molecule has 1 aliphatic heterocycles. The highest BCUT2D eigenvalue weighted by Crippen LogP contribution is 2.40. The van der Waals surface area contributed by atoms with Crippen molar-refractivity contribution >= 4 is 11.4 Å². The summed E-state index contributed by atoms with van der Waals surface area (Å²) in [5.41, 5.74) is 7.49. The van der Waals surface area contributed by atoms with Gasteiger partial charge in [0.05, 0.1) is 0 Å². The maximum atomic E-state index is 13.2. The van der Waals surface area contributed by atoms with Crippen molar-refractivity contribution < 1.29 is 4.39 Å². The van der Waals surface area contributed by atoms with Crippen molar-refractivity contribution in [2.45, 2.75) is 26.7 Å². The average molecular weight is 222 g/mol. The Labute approximate surface area is 96.2 Å². The summed E-state index contributed by atoms with van der Waals surface area (Å²) in [5, 5.41) is 0. The molecule has 3 heteroatoms. The summed E-state index contributed by atoms with van der Waals surface area (Å²) in [4.78, 5) is 2.20. The minimum atomic E-state index is -0.250. The minimum absolute atomic E-state index is 0.250. The Morgan fingerprint density at radius 1 is 1.25 bits per heavy atom. The lowest BCUT2D eigenvalue weighted by molar-refractivity contribution is 0.194. The molecular formula is C13H19FN2. The fourth-order valence-electron chi connectivity index (χ4n) is 2.42. The summed E-state index contributed by atoms with van der Waals surface area (Å²) < 4.78 is 13.2. The number of hydrogen-bond donors (Lipinski definition) is 1. The number of nitrogen functional groups attached to an aromatic ring is 1. The van der Waals surface area contributed by atoms with E-state index in [-0.39, 0.29) is 5.82 Å². The van der Waals surface area contributed by atoms with Crippen LogP contribution in [0.2, 0.25) is 0 Å². The molecule has 1 aliphatic rings. The van der Waals surface area contributed by atoms with Crippen LogP contribution in [0.3, 0.4) is 0 Å². The van der Waals surface area contributed by atoms with E-state index in [1.54, 1.807) is 6.07 Å². The van der Waals surface area contributed by atoms with Gasteiger partial charge in [0, 0.05) is 29.9 Å². The first-order valence-electron chi connectivity index (χ1n) is 5.89. The largest absolute Gasteiger partial charge is 0.399 e. The Morgan fingerprint density at radius 2 is 1.88 bits per heavy atom. The van der Waals surface area contributed by atoms with Gasteiger partial charge in [-0.3, -0.25) is 0 Å². The fraction of sp³-hybridized carbons (Fsp3) is 0.538. The van der Waals surface area contributed by atoms with E-state index in [9.17, 15) is 4.39 Å². The van der Waals surface area contributed by atoms with E-state index in [1.165, 1.54) is 18.9 Å². The van der Waals surface area contributed by atoms with E-state index in [0.717, 1.165) is 18.8 Å². The summed E-state index contributed by atoms with van der Waals surface area (Å²) >= 11 is 0. The molecule has 16 heavy (non-hydrogen) atoms. The summed E-state index contributed by atoms with van der Waals surface area (Å²) in [5.74, 6) is -0.250. The highest BCUT2D eigenvalue weighted by atomic mass is 19.1. The minimum Gasteiger partial charge on any atom is -0.399 e. The molecule has 0 aromatic heterocycles. The van der Waals surface area contributed by atoms with Crippen LogP contribution < -0.4 is 10.6 Å². The van der Waals surface area contributed by atoms with Crippen molar-refractivity contribution in [1.82, 2.24) is 0 Å². The van der Waals surface area contributed by atoms with Crippen molar-refractivity contribution in [2.75, 3.05) is 23.7 Å². The van der Waals surface area contributed by atoms with Crippen LogP contribution in [-0.2, 0) is 0 Å². The van der Waals surface area contributed by atoms with Crippen molar-refractivity contribution in [1.29, 1.82) is 0 Å². The standard InChI is InChI=1S/C13H19FN2/c1-3-13(4-2)8-16(9-13)12-6-10(14)5-11(15)7-12/h5-7H,3-4,8-9,15H2,1-2H3. The van der Waals surface area contributed by atoms with Crippen molar-refractivity contribution in [3.05, 3.63) is 24.0 Å². The Morgan fingerprint density at radius 3 is 2.38 bits per heavy atom. The lowest BCUT2D eigenvalue weighted by Gasteiger charge is -2.51. The number of hydrogen-bond acceptors (Lipinski definition) is 2. The van der Waals surface area contributed by atoms with E-state index in [2.05, 4.69) is 18.7 Å². The number of nitrogens with zero attached hydrogens (tertiary/aromatic N) is 1. The summed E-state index contributed by atoms with van der Waals surface area (Å²) in [6.45, 7) is 6.48. The third-order valence-corrected chi connectivity index (χ3v) is 3.82. The summed E-state index contributed by atoms with van der Waals surface area (Å²) in [6.07, 6.45) is 2.37.